The molecule has 0 radical (unpaired) electrons. The number of rotatable bonds is 3. The number of hydrogen-bond acceptors (Lipinski definition) is 5. The minimum absolute atomic E-state index is 0.0439. The lowest BCUT2D eigenvalue weighted by atomic mass is 10.2. The number of primary sulfonamides is 1. The minimum Gasteiger partial charge on any atom is -0.335 e. The average molecular weight is 294 g/mol. The maximum Gasteiger partial charge on any atom is 0.260 e. The minimum atomic E-state index is -3.72. The molecule has 18 heavy (non-hydrogen) atoms. The first kappa shape index (κ1) is 13.5. The zero-order chi connectivity index (χ0) is 13.4. The van der Waals surface area contributed by atoms with Crippen molar-refractivity contribution in [2.45, 2.75) is 23.1 Å². The number of nitrogens with zero attached hydrogens (tertiary/aromatic N) is 2. The highest BCUT2D eigenvalue weighted by atomic mass is 32.2. The Balaban J connectivity index is 2.25. The van der Waals surface area contributed by atoms with E-state index in [-0.39, 0.29) is 18.1 Å². The quantitative estimate of drug-likeness (QED) is 0.728. The van der Waals surface area contributed by atoms with E-state index in [2.05, 4.69) is 9.97 Å². The lowest BCUT2D eigenvalue weighted by Gasteiger charge is -2.30. The van der Waals surface area contributed by atoms with Crippen molar-refractivity contribution >= 4 is 20.0 Å². The number of imidazole rings is 1. The summed E-state index contributed by atoms with van der Waals surface area (Å²) in [5.41, 5.74) is 0. The van der Waals surface area contributed by atoms with Gasteiger partial charge in [0.25, 0.3) is 10.0 Å². The van der Waals surface area contributed by atoms with Gasteiger partial charge in [-0.1, -0.05) is 0 Å². The van der Waals surface area contributed by atoms with E-state index in [0.717, 1.165) is 4.31 Å². The van der Waals surface area contributed by atoms with Crippen LogP contribution in [0.3, 0.4) is 0 Å². The van der Waals surface area contributed by atoms with Crippen LogP contribution in [0.15, 0.2) is 17.6 Å². The summed E-state index contributed by atoms with van der Waals surface area (Å²) in [6, 6.07) is 0. The first-order chi connectivity index (χ1) is 8.32. The summed E-state index contributed by atoms with van der Waals surface area (Å²) in [5.74, 6) is 0. The van der Waals surface area contributed by atoms with Crippen LogP contribution >= 0.6 is 0 Å². The number of nitrogens with two attached hydrogens (primary N) is 1. The maximum atomic E-state index is 12.1. The molecule has 1 aliphatic rings. The Morgan fingerprint density at radius 3 is 2.67 bits per heavy atom. The van der Waals surface area contributed by atoms with E-state index in [9.17, 15) is 16.8 Å². The van der Waals surface area contributed by atoms with Gasteiger partial charge in [-0.2, -0.15) is 4.31 Å². The molecule has 1 unspecified atom stereocenters. The number of aromatic nitrogens is 2. The summed E-state index contributed by atoms with van der Waals surface area (Å²) in [5, 5.41) is 4.18. The number of hydrogen-bond donors (Lipinski definition) is 2. The van der Waals surface area contributed by atoms with Crippen molar-refractivity contribution in [1.82, 2.24) is 14.3 Å². The van der Waals surface area contributed by atoms with Crippen LogP contribution in [0.25, 0.3) is 0 Å². The molecule has 10 heteroatoms. The zero-order valence-corrected chi connectivity index (χ0v) is 11.1. The number of sulfonamides is 2. The van der Waals surface area contributed by atoms with Crippen LogP contribution in [0.2, 0.25) is 0 Å². The molecule has 0 amide bonds. The highest BCUT2D eigenvalue weighted by Crippen LogP contribution is 2.21. The first-order valence-electron chi connectivity index (χ1n) is 5.32. The molecule has 2 rings (SSSR count). The largest absolute Gasteiger partial charge is 0.335 e. The normalized spacial score (nSPS) is 23.1. The van der Waals surface area contributed by atoms with E-state index in [4.69, 9.17) is 5.14 Å². The van der Waals surface area contributed by atoms with Gasteiger partial charge in [0.15, 0.2) is 5.03 Å². The first-order valence-corrected chi connectivity index (χ1v) is 8.37. The standard InChI is InChI=1S/C8H14N4O4S2/c9-17(13,14)7-2-1-3-12(5-7)18(15,16)8-4-10-6-11-8/h4,6-7H,1-3,5H2,(H,10,11)(H2,9,13,14). The van der Waals surface area contributed by atoms with Crippen LogP contribution in [0.1, 0.15) is 12.8 Å². The summed E-state index contributed by atoms with van der Waals surface area (Å²) < 4.78 is 48.0. The van der Waals surface area contributed by atoms with Gasteiger partial charge >= 0.3 is 0 Å². The van der Waals surface area contributed by atoms with E-state index in [1.165, 1.54) is 12.5 Å². The van der Waals surface area contributed by atoms with Crippen molar-refractivity contribution in [2.75, 3.05) is 13.1 Å². The lowest BCUT2D eigenvalue weighted by Crippen LogP contribution is -2.47. The molecule has 1 aromatic rings. The van der Waals surface area contributed by atoms with Crippen molar-refractivity contribution in [3.8, 4) is 0 Å². The summed E-state index contributed by atoms with van der Waals surface area (Å²) in [4.78, 5) is 6.15. The number of aromatic amines is 1. The van der Waals surface area contributed by atoms with Crippen molar-refractivity contribution < 1.29 is 16.8 Å². The van der Waals surface area contributed by atoms with E-state index < -0.39 is 25.3 Å². The molecular formula is C8H14N4O4S2. The third-order valence-electron chi connectivity index (χ3n) is 2.90. The molecule has 8 nitrogen and oxygen atoms in total. The maximum absolute atomic E-state index is 12.1. The second-order valence-corrected chi connectivity index (χ2v) is 7.88. The molecule has 2 heterocycles. The fourth-order valence-corrected chi connectivity index (χ4v) is 4.31. The lowest BCUT2D eigenvalue weighted by molar-refractivity contribution is 0.345. The summed E-state index contributed by atoms with van der Waals surface area (Å²) in [6.45, 7) is 0.174. The van der Waals surface area contributed by atoms with E-state index in [1.807, 2.05) is 0 Å². The van der Waals surface area contributed by atoms with Gasteiger partial charge in [0, 0.05) is 13.1 Å². The topological polar surface area (TPSA) is 126 Å². The second kappa shape index (κ2) is 4.61. The number of nitrogens with one attached hydrogen (secondary N) is 1. The Morgan fingerprint density at radius 2 is 2.11 bits per heavy atom. The summed E-state index contributed by atoms with van der Waals surface area (Å²) in [7, 11) is -7.44. The van der Waals surface area contributed by atoms with Gasteiger partial charge in [-0.25, -0.2) is 27.0 Å². The molecular weight excluding hydrogens is 280 g/mol. The average Bonchev–Trinajstić information content (AvgIpc) is 2.82. The van der Waals surface area contributed by atoms with Crippen molar-refractivity contribution in [3.05, 3.63) is 12.5 Å². The van der Waals surface area contributed by atoms with Gasteiger partial charge < -0.3 is 4.98 Å². The molecule has 102 valence electrons. The predicted molar refractivity (Wildman–Crippen MR) is 63.5 cm³/mol. The van der Waals surface area contributed by atoms with Crippen LogP contribution in [0.5, 0.6) is 0 Å². The van der Waals surface area contributed by atoms with Gasteiger partial charge in [0.1, 0.15) is 0 Å². The third-order valence-corrected chi connectivity index (χ3v) is 6.00. The Bertz CT molecular complexity index is 608. The molecule has 0 bridgehead atoms. The monoisotopic (exact) mass is 294 g/mol. The fourth-order valence-electron chi connectivity index (χ4n) is 1.91. The van der Waals surface area contributed by atoms with E-state index >= 15 is 0 Å². The number of H-pyrrole nitrogens is 1. The summed E-state index contributed by atoms with van der Waals surface area (Å²) >= 11 is 0. The smallest absolute Gasteiger partial charge is 0.260 e. The van der Waals surface area contributed by atoms with Gasteiger partial charge in [-0.15, -0.1) is 0 Å². The van der Waals surface area contributed by atoms with Gasteiger partial charge in [-0.05, 0) is 12.8 Å². The van der Waals surface area contributed by atoms with Crippen molar-refractivity contribution in [2.24, 2.45) is 5.14 Å². The van der Waals surface area contributed by atoms with Gasteiger partial charge in [0.05, 0.1) is 17.8 Å². The Labute approximate surface area is 105 Å². The zero-order valence-electron chi connectivity index (χ0n) is 9.48. The summed E-state index contributed by atoms with van der Waals surface area (Å²) in [6.07, 6.45) is 3.30. The fraction of sp³-hybridized carbons (Fsp3) is 0.625. The molecule has 1 aromatic heterocycles. The Hall–Kier alpha value is -0.970. The SMILES string of the molecule is NS(=O)(=O)C1CCCN(S(=O)(=O)c2cnc[nH]2)C1. The van der Waals surface area contributed by atoms with Crippen LogP contribution < -0.4 is 5.14 Å². The Kier molecular flexibility index (Phi) is 3.45. The predicted octanol–water partition coefficient (Wildman–Crippen LogP) is -1.15. The third kappa shape index (κ3) is 2.55. The molecule has 1 aliphatic heterocycles. The highest BCUT2D eigenvalue weighted by Gasteiger charge is 2.35. The van der Waals surface area contributed by atoms with Gasteiger partial charge in [-0.3, -0.25) is 0 Å². The second-order valence-electron chi connectivity index (χ2n) is 4.13. The van der Waals surface area contributed by atoms with Crippen LogP contribution in [-0.2, 0) is 20.0 Å². The Morgan fingerprint density at radius 1 is 1.39 bits per heavy atom. The molecule has 0 aliphatic carbocycles. The number of piperidine rings is 1. The molecule has 0 saturated carbocycles. The van der Waals surface area contributed by atoms with Crippen molar-refractivity contribution in [1.29, 1.82) is 0 Å². The highest BCUT2D eigenvalue weighted by molar-refractivity contribution is 7.90. The molecule has 0 aromatic carbocycles. The van der Waals surface area contributed by atoms with Crippen LogP contribution in [0, 0.1) is 0 Å². The van der Waals surface area contributed by atoms with E-state index in [1.54, 1.807) is 0 Å². The van der Waals surface area contributed by atoms with Gasteiger partial charge in [0.2, 0.25) is 10.0 Å². The van der Waals surface area contributed by atoms with Crippen molar-refractivity contribution in [3.63, 3.8) is 0 Å². The van der Waals surface area contributed by atoms with E-state index in [0.29, 0.717) is 12.8 Å². The molecule has 0 spiro atoms. The molecule has 3 N–H and O–H groups in total. The molecule has 1 fully saturated rings. The van der Waals surface area contributed by atoms with Crippen LogP contribution in [0.4, 0.5) is 0 Å². The molecule has 1 atom stereocenters. The van der Waals surface area contributed by atoms with Crippen LogP contribution in [-0.4, -0.2) is 49.4 Å². The molecule has 1 saturated heterocycles.